The average Bonchev–Trinajstić information content (AvgIpc) is 3.72. The zero-order valence-electron chi connectivity index (χ0n) is 21.3. The first kappa shape index (κ1) is 24.3. The number of hydrogen-bond acceptors (Lipinski definition) is 9. The van der Waals surface area contributed by atoms with Gasteiger partial charge in [-0.3, -0.25) is 9.59 Å². The summed E-state index contributed by atoms with van der Waals surface area (Å²) >= 11 is 0. The smallest absolute Gasteiger partial charge is 0.231 e. The first-order chi connectivity index (χ1) is 18.6. The second kappa shape index (κ2) is 10.7. The molecule has 38 heavy (non-hydrogen) atoms. The molecule has 2 fully saturated rings. The van der Waals surface area contributed by atoms with Gasteiger partial charge in [0.25, 0.3) is 0 Å². The van der Waals surface area contributed by atoms with Crippen LogP contribution in [0.15, 0.2) is 24.5 Å². The fourth-order valence-corrected chi connectivity index (χ4v) is 5.13. The Hall–Kier alpha value is -4.09. The highest BCUT2D eigenvalue weighted by molar-refractivity contribution is 5.84. The molecule has 3 aliphatic heterocycles. The van der Waals surface area contributed by atoms with Gasteiger partial charge in [-0.2, -0.15) is 9.97 Å². The number of ether oxygens (including phenoxy) is 2. The summed E-state index contributed by atoms with van der Waals surface area (Å²) in [6.45, 7) is 5.01. The Morgan fingerprint density at radius 1 is 0.895 bits per heavy atom. The van der Waals surface area contributed by atoms with Crippen LogP contribution in [0.1, 0.15) is 37.7 Å². The van der Waals surface area contributed by atoms with Crippen LogP contribution in [0.25, 0.3) is 11.2 Å². The summed E-state index contributed by atoms with van der Waals surface area (Å²) in [6.07, 6.45) is 5.70. The average molecular weight is 521 g/mol. The molecule has 2 aromatic heterocycles. The van der Waals surface area contributed by atoms with E-state index in [1.165, 1.54) is 0 Å². The molecule has 0 saturated carbocycles. The van der Waals surface area contributed by atoms with Gasteiger partial charge in [0.1, 0.15) is 0 Å². The molecule has 0 unspecified atom stereocenters. The number of nitrogens with one attached hydrogen (secondary N) is 2. The Balaban J connectivity index is 1.18. The van der Waals surface area contributed by atoms with Gasteiger partial charge in [-0.1, -0.05) is 6.07 Å². The molecular weight excluding hydrogens is 488 g/mol. The van der Waals surface area contributed by atoms with Crippen molar-refractivity contribution in [2.75, 3.05) is 50.2 Å². The van der Waals surface area contributed by atoms with Crippen molar-refractivity contribution in [2.24, 2.45) is 0 Å². The van der Waals surface area contributed by atoms with Crippen molar-refractivity contribution < 1.29 is 19.1 Å². The Kier molecular flexibility index (Phi) is 6.84. The molecule has 5 heterocycles. The molecule has 12 nitrogen and oxygen atoms in total. The summed E-state index contributed by atoms with van der Waals surface area (Å²) in [4.78, 5) is 41.9. The van der Waals surface area contributed by atoms with Gasteiger partial charge in [0.05, 0.1) is 6.33 Å². The number of benzene rings is 1. The van der Waals surface area contributed by atoms with Gasteiger partial charge in [0.15, 0.2) is 28.5 Å². The maximum atomic E-state index is 12.1. The standard InChI is InChI=1S/C26H32N8O4/c35-21-4-1-9-32(21)11-3-8-27-24-23-25(34(16-29-23)13-12-33-10-2-5-22(33)36)31-26(30-24)28-15-18-6-7-19-20(14-18)38-17-37-19/h6-7,14,16H,1-5,8-13,15,17H2,(H2,27,28,30,31). The third kappa shape index (κ3) is 5.15. The van der Waals surface area contributed by atoms with E-state index in [9.17, 15) is 9.59 Å². The number of carbonyl (C=O) groups is 2. The number of carbonyl (C=O) groups excluding carboxylic acids is 2. The number of nitrogens with zero attached hydrogens (tertiary/aromatic N) is 6. The third-order valence-corrected chi connectivity index (χ3v) is 7.20. The molecular formula is C26H32N8O4. The highest BCUT2D eigenvalue weighted by atomic mass is 16.7. The predicted octanol–water partition coefficient (Wildman–Crippen LogP) is 2.21. The van der Waals surface area contributed by atoms with E-state index >= 15 is 0 Å². The molecule has 12 heteroatoms. The Morgan fingerprint density at radius 3 is 2.47 bits per heavy atom. The SMILES string of the molecule is O=C1CCCN1CCCNc1nc(NCc2ccc3c(c2)OCO3)nc2c1ncn2CCN1CCCC1=O. The minimum atomic E-state index is 0.203. The highest BCUT2D eigenvalue weighted by Gasteiger charge is 2.22. The number of likely N-dealkylation sites (tertiary alicyclic amines) is 2. The number of anilines is 2. The van der Waals surface area contributed by atoms with Crippen LogP contribution in [0.4, 0.5) is 11.8 Å². The molecule has 0 aliphatic carbocycles. The number of hydrogen-bond donors (Lipinski definition) is 2. The van der Waals surface area contributed by atoms with Crippen LogP contribution in [-0.2, 0) is 22.7 Å². The van der Waals surface area contributed by atoms with Crippen LogP contribution in [0.3, 0.4) is 0 Å². The first-order valence-corrected chi connectivity index (χ1v) is 13.3. The number of amides is 2. The number of fused-ring (bicyclic) bond motifs is 2. The molecule has 3 aliphatic rings. The normalized spacial score (nSPS) is 16.7. The fraction of sp³-hybridized carbons (Fsp3) is 0.500. The second-order valence-electron chi connectivity index (χ2n) is 9.80. The van der Waals surface area contributed by atoms with Crippen LogP contribution < -0.4 is 20.1 Å². The molecule has 0 bridgehead atoms. The van der Waals surface area contributed by atoms with E-state index < -0.39 is 0 Å². The topological polar surface area (TPSA) is 127 Å². The quantitative estimate of drug-likeness (QED) is 0.366. The van der Waals surface area contributed by atoms with Crippen LogP contribution in [0.2, 0.25) is 0 Å². The molecule has 2 N–H and O–H groups in total. The monoisotopic (exact) mass is 520 g/mol. The van der Waals surface area contributed by atoms with E-state index in [1.807, 2.05) is 32.6 Å². The number of rotatable bonds is 11. The van der Waals surface area contributed by atoms with Gasteiger partial charge in [0.2, 0.25) is 24.6 Å². The van der Waals surface area contributed by atoms with Crippen molar-refractivity contribution in [3.05, 3.63) is 30.1 Å². The molecule has 1 aromatic carbocycles. The lowest BCUT2D eigenvalue weighted by atomic mass is 10.2. The maximum Gasteiger partial charge on any atom is 0.231 e. The van der Waals surface area contributed by atoms with Crippen LogP contribution >= 0.6 is 0 Å². The van der Waals surface area contributed by atoms with E-state index in [4.69, 9.17) is 19.4 Å². The fourth-order valence-electron chi connectivity index (χ4n) is 5.13. The summed E-state index contributed by atoms with van der Waals surface area (Å²) in [5.74, 6) is 3.04. The van der Waals surface area contributed by atoms with Crippen LogP contribution in [0, 0.1) is 0 Å². The van der Waals surface area contributed by atoms with E-state index in [0.717, 1.165) is 56.0 Å². The lowest BCUT2D eigenvalue weighted by Gasteiger charge is -2.16. The molecule has 2 saturated heterocycles. The minimum Gasteiger partial charge on any atom is -0.454 e. The zero-order valence-corrected chi connectivity index (χ0v) is 21.3. The van der Waals surface area contributed by atoms with E-state index in [2.05, 4.69) is 15.6 Å². The van der Waals surface area contributed by atoms with E-state index in [-0.39, 0.29) is 18.6 Å². The predicted molar refractivity (Wildman–Crippen MR) is 140 cm³/mol. The van der Waals surface area contributed by atoms with Crippen molar-refractivity contribution in [2.45, 2.75) is 45.2 Å². The zero-order chi connectivity index (χ0) is 25.9. The van der Waals surface area contributed by atoms with Gasteiger partial charge < -0.3 is 34.5 Å². The molecule has 6 rings (SSSR count). The lowest BCUT2D eigenvalue weighted by Crippen LogP contribution is -2.28. The first-order valence-electron chi connectivity index (χ1n) is 13.3. The van der Waals surface area contributed by atoms with Crippen molar-refractivity contribution in [3.8, 4) is 11.5 Å². The molecule has 0 atom stereocenters. The van der Waals surface area contributed by atoms with Gasteiger partial charge >= 0.3 is 0 Å². The van der Waals surface area contributed by atoms with Crippen LogP contribution in [-0.4, -0.2) is 80.6 Å². The molecule has 2 amide bonds. The number of aromatic nitrogens is 4. The molecule has 200 valence electrons. The maximum absolute atomic E-state index is 12.1. The summed E-state index contributed by atoms with van der Waals surface area (Å²) < 4.78 is 12.9. The Morgan fingerprint density at radius 2 is 1.68 bits per heavy atom. The van der Waals surface area contributed by atoms with Crippen molar-refractivity contribution >= 4 is 34.7 Å². The summed E-state index contributed by atoms with van der Waals surface area (Å²) in [5, 5.41) is 6.74. The minimum absolute atomic E-state index is 0.203. The van der Waals surface area contributed by atoms with E-state index in [0.29, 0.717) is 62.0 Å². The van der Waals surface area contributed by atoms with Crippen molar-refractivity contribution in [3.63, 3.8) is 0 Å². The summed E-state index contributed by atoms with van der Waals surface area (Å²) in [6, 6.07) is 5.83. The molecule has 0 spiro atoms. The second-order valence-corrected chi connectivity index (χ2v) is 9.80. The highest BCUT2D eigenvalue weighted by Crippen LogP contribution is 2.32. The number of imidazole rings is 1. The van der Waals surface area contributed by atoms with Crippen LogP contribution in [0.5, 0.6) is 11.5 Å². The lowest BCUT2D eigenvalue weighted by molar-refractivity contribution is -0.128. The van der Waals surface area contributed by atoms with E-state index in [1.54, 1.807) is 6.33 Å². The third-order valence-electron chi connectivity index (χ3n) is 7.20. The van der Waals surface area contributed by atoms with Crippen molar-refractivity contribution in [1.82, 2.24) is 29.3 Å². The largest absolute Gasteiger partial charge is 0.454 e. The Labute approximate surface area is 220 Å². The van der Waals surface area contributed by atoms with Gasteiger partial charge in [0, 0.05) is 58.7 Å². The van der Waals surface area contributed by atoms with Crippen molar-refractivity contribution in [1.29, 1.82) is 0 Å². The molecule has 0 radical (unpaired) electrons. The molecule has 3 aromatic rings. The van der Waals surface area contributed by atoms with Gasteiger partial charge in [-0.05, 0) is 37.0 Å². The van der Waals surface area contributed by atoms with Gasteiger partial charge in [-0.25, -0.2) is 4.98 Å². The Bertz CT molecular complexity index is 1340. The van der Waals surface area contributed by atoms with Gasteiger partial charge in [-0.15, -0.1) is 0 Å². The summed E-state index contributed by atoms with van der Waals surface area (Å²) in [5.41, 5.74) is 2.41. The summed E-state index contributed by atoms with van der Waals surface area (Å²) in [7, 11) is 0.